The number of carbonyl (C=O) groups is 1. The second-order valence-electron chi connectivity index (χ2n) is 41.2. The number of likely N-dealkylation sites (tertiary alicyclic amines) is 2. The predicted octanol–water partition coefficient (Wildman–Crippen LogP) is 22.8. The van der Waals surface area contributed by atoms with E-state index in [2.05, 4.69) is 174 Å². The first kappa shape index (κ1) is 99.2. The van der Waals surface area contributed by atoms with E-state index in [0.717, 1.165) is 273 Å². The number of aryl methyl sites for hydroxylation is 9. The van der Waals surface area contributed by atoms with Gasteiger partial charge in [-0.1, -0.05) is 142 Å². The molecule has 8 aliphatic rings. The maximum absolute atomic E-state index is 12.0. The van der Waals surface area contributed by atoms with Crippen molar-refractivity contribution in [1.82, 2.24) is 85.3 Å². The number of methoxy groups -OCH3 is 1. The average molecular weight is 1840 g/mol. The predicted molar refractivity (Wildman–Crippen MR) is 529 cm³/mol. The summed E-state index contributed by atoms with van der Waals surface area (Å²) in [7, 11) is 3.63. The Bertz CT molecular complexity index is 5560. The molecule has 5 saturated heterocycles. The Morgan fingerprint density at radius 1 is 0.496 bits per heavy atom. The molecule has 0 bridgehead atoms. The quantitative estimate of drug-likeness (QED) is 0.0684. The molecule has 15 heterocycles. The molecule has 28 nitrogen and oxygen atoms in total. The summed E-state index contributed by atoms with van der Waals surface area (Å²) < 4.78 is 32.5. The molecule has 10 aromatic rings. The number of carbonyl (C=O) groups excluding carboxylic acids is 1. The lowest BCUT2D eigenvalue weighted by molar-refractivity contribution is 0.0345. The lowest BCUT2D eigenvalue weighted by Gasteiger charge is -2.53. The van der Waals surface area contributed by atoms with E-state index in [9.17, 15) is 4.79 Å². The third kappa shape index (κ3) is 22.4. The van der Waals surface area contributed by atoms with Gasteiger partial charge >= 0.3 is 6.09 Å². The maximum atomic E-state index is 12.0. The molecule has 8 fully saturated rings. The molecular weight excluding hydrogens is 1690 g/mol. The Hall–Kier alpha value is -9.74. The van der Waals surface area contributed by atoms with Crippen molar-refractivity contribution in [2.45, 2.75) is 349 Å². The summed E-state index contributed by atoms with van der Waals surface area (Å²) in [5, 5.41) is 16.5. The number of morpholine rings is 1. The first-order valence-electron chi connectivity index (χ1n) is 49.7. The number of ether oxygens (including phenoxy) is 2. The second-order valence-corrected chi connectivity index (χ2v) is 42.1. The highest BCUT2D eigenvalue weighted by molar-refractivity contribution is 7.13. The smallest absolute Gasteiger partial charge is 0.409 e. The minimum Gasteiger partial charge on any atom is -0.453 e. The zero-order valence-electron chi connectivity index (χ0n) is 85.1. The number of aromatic nitrogens is 15. The number of thiazole rings is 1. The Kier molecular flexibility index (Phi) is 31.8. The van der Waals surface area contributed by atoms with Gasteiger partial charge in [-0.05, 0) is 192 Å². The molecule has 0 N–H and O–H groups in total. The fraction of sp³-hybridized carbons (Fsp3) is 0.654. The Morgan fingerprint density at radius 3 is 1.40 bits per heavy atom. The standard InChI is InChI=1S/C23H34N4O.C22H31N5O3.C21H30N4O.C20H30N4O2.C18H26N4S/c1-13(2)23-24-20(12-18-9-10-27(14(3)11-18)19-7-8-19)15(4)22(25-23)21-16(5)26-28-17(21)6;1-13(2)19-23-18(17-15(4)25-30-16(17)5)14(3)20(24-19)26-9-7-22(11-26)8-10-27(12-22)21(28)29-6;1-13(2)19-22-18(17-15(4)24-26-16(17)5)14(3)20(23-19)25-11-21(12-25)9-7-6-8-10-21;1-7-8-16-11-24(9-10-25-16)20-13(4)18(21-19(22-20)12(2)3)17-14(5)23-26-15(17)6;1-12(2)18-20-15(17-13(3)19-11-23-17)10-16(21-18)22(4)14-8-6-5-7-9-14/h13-14,18-19H,7-12H2,1-6H3;13H,7-12H2,1-6H3;13H,6-12H2,1-5H3;12,16H,7-11H2,1-6H3;10-12,14H,5-9H2,1-4H3/t14-,18-;;;16-;/m0..1./s1. The Morgan fingerprint density at radius 2 is 0.947 bits per heavy atom. The zero-order chi connectivity index (χ0) is 95.3. The van der Waals surface area contributed by atoms with Gasteiger partial charge < -0.3 is 52.1 Å². The third-order valence-corrected chi connectivity index (χ3v) is 29.9. The van der Waals surface area contributed by atoms with Gasteiger partial charge in [0.2, 0.25) is 0 Å². The molecule has 2 spiro atoms. The topological polar surface area (TPSA) is 301 Å². The van der Waals surface area contributed by atoms with Crippen molar-refractivity contribution in [2.24, 2.45) is 16.7 Å². The molecule has 0 radical (unpaired) electrons. The number of nitrogens with zero attached hydrogens (tertiary/aromatic N) is 21. The molecule has 133 heavy (non-hydrogen) atoms. The molecule has 720 valence electrons. The molecule has 29 heteroatoms. The van der Waals surface area contributed by atoms with E-state index in [0.29, 0.717) is 41.2 Å². The summed E-state index contributed by atoms with van der Waals surface area (Å²) in [6, 6.07) is 4.31. The van der Waals surface area contributed by atoms with Crippen LogP contribution in [0.2, 0.25) is 0 Å². The van der Waals surface area contributed by atoms with E-state index in [4.69, 9.17) is 77.4 Å². The van der Waals surface area contributed by atoms with Gasteiger partial charge in [0.1, 0.15) is 75.4 Å². The lowest BCUT2D eigenvalue weighted by Crippen LogP contribution is -2.57. The second kappa shape index (κ2) is 42.7. The van der Waals surface area contributed by atoms with Crippen LogP contribution in [0.1, 0.15) is 337 Å². The summed E-state index contributed by atoms with van der Waals surface area (Å²) in [5.41, 5.74) is 21.7. The van der Waals surface area contributed by atoms with Gasteiger partial charge in [-0.2, -0.15) is 0 Å². The van der Waals surface area contributed by atoms with Crippen LogP contribution in [0.15, 0.2) is 29.7 Å². The van der Waals surface area contributed by atoms with Crippen molar-refractivity contribution < 1.29 is 32.4 Å². The highest BCUT2D eigenvalue weighted by Crippen LogP contribution is 2.49. The lowest BCUT2D eigenvalue weighted by atomic mass is 9.68. The van der Waals surface area contributed by atoms with Crippen LogP contribution in [0.5, 0.6) is 0 Å². The summed E-state index contributed by atoms with van der Waals surface area (Å²) in [6.07, 6.45) is 24.2. The van der Waals surface area contributed by atoms with Gasteiger partial charge in [0.15, 0.2) is 0 Å². The first-order chi connectivity index (χ1) is 63.5. The van der Waals surface area contributed by atoms with Gasteiger partial charge in [-0.25, -0.2) is 59.6 Å². The Labute approximate surface area is 794 Å². The molecular formula is C104H151N21O7S. The van der Waals surface area contributed by atoms with E-state index < -0.39 is 0 Å². The molecule has 4 atom stereocenters. The fourth-order valence-electron chi connectivity index (χ4n) is 21.1. The van der Waals surface area contributed by atoms with E-state index in [1.54, 1.807) is 11.3 Å². The minimum absolute atomic E-state index is 0.104. The molecule has 1 amide bonds. The molecule has 10 aromatic heterocycles. The van der Waals surface area contributed by atoms with Crippen LogP contribution in [0, 0.1) is 107 Å². The summed E-state index contributed by atoms with van der Waals surface area (Å²) >= 11 is 1.66. The molecule has 3 aliphatic carbocycles. The van der Waals surface area contributed by atoms with Gasteiger partial charge in [0, 0.05) is 146 Å². The van der Waals surface area contributed by atoms with Crippen LogP contribution in [-0.2, 0) is 15.9 Å². The molecule has 5 aliphatic heterocycles. The van der Waals surface area contributed by atoms with Crippen molar-refractivity contribution in [1.29, 1.82) is 0 Å². The Balaban J connectivity index is 0.000000134. The first-order valence-corrected chi connectivity index (χ1v) is 50.6. The van der Waals surface area contributed by atoms with E-state index in [1.165, 1.54) is 115 Å². The van der Waals surface area contributed by atoms with Crippen molar-refractivity contribution in [3.8, 4) is 55.6 Å². The SMILES string of the molecule is CCC[C@@H]1CN(c2nc(C(C)C)nc(-c3c(C)noc3C)c2C)CCO1.COC(=O)N1CCC2(CCN(c3nc(C(C)C)nc(-c4c(C)noc4C)c3C)C2)C1.Cc1ncsc1-c1cc(N(C)C2CCCCC2)nc(C(C)C)n1.Cc1noc(C)c1-c1nc(C(C)C)nc(C[C@H]2CCN(C3CC3)[C@@H](C)C2)c1C.Cc1noc(C)c1-c1nc(C(C)C)nc(N2CC3(CCCCC3)C2)c1C. The van der Waals surface area contributed by atoms with Crippen LogP contribution < -0.4 is 19.6 Å². The number of hydrogen-bond acceptors (Lipinski definition) is 28. The molecule has 3 saturated carbocycles. The van der Waals surface area contributed by atoms with Crippen LogP contribution in [0.3, 0.4) is 0 Å². The van der Waals surface area contributed by atoms with Crippen LogP contribution in [0.25, 0.3) is 55.6 Å². The van der Waals surface area contributed by atoms with Crippen LogP contribution in [-0.4, -0.2) is 195 Å². The van der Waals surface area contributed by atoms with Gasteiger partial charge in [0.25, 0.3) is 0 Å². The van der Waals surface area contributed by atoms with E-state index in [-0.39, 0.29) is 29.4 Å². The van der Waals surface area contributed by atoms with Crippen LogP contribution in [0.4, 0.5) is 28.1 Å². The van der Waals surface area contributed by atoms with Gasteiger partial charge in [0.05, 0.1) is 109 Å². The average Bonchev–Trinajstić information content (AvgIpc) is 1.74. The molecule has 1 unspecified atom stereocenters. The van der Waals surface area contributed by atoms with Crippen molar-refractivity contribution in [3.05, 3.63) is 120 Å². The third-order valence-electron chi connectivity index (χ3n) is 29.0. The highest BCUT2D eigenvalue weighted by Gasteiger charge is 2.48. The number of amides is 1. The number of rotatable bonds is 20. The van der Waals surface area contributed by atoms with Crippen molar-refractivity contribution >= 4 is 40.7 Å². The van der Waals surface area contributed by atoms with Gasteiger partial charge in [-0.15, -0.1) is 11.3 Å². The number of piperidine rings is 1. The molecule has 18 rings (SSSR count). The van der Waals surface area contributed by atoms with Gasteiger partial charge in [-0.3, -0.25) is 4.90 Å². The number of hydrogen-bond donors (Lipinski definition) is 0. The van der Waals surface area contributed by atoms with Crippen molar-refractivity contribution in [3.63, 3.8) is 0 Å². The summed E-state index contributed by atoms with van der Waals surface area (Å²) in [5.74, 6) is 13.9. The normalized spacial score (nSPS) is 19.8. The van der Waals surface area contributed by atoms with Crippen molar-refractivity contribution in [2.75, 3.05) is 99.3 Å². The largest absolute Gasteiger partial charge is 0.453 e. The fourth-order valence-corrected chi connectivity index (χ4v) is 21.8. The highest BCUT2D eigenvalue weighted by atomic mass is 32.1. The van der Waals surface area contributed by atoms with E-state index >= 15 is 0 Å². The van der Waals surface area contributed by atoms with Crippen LogP contribution >= 0.6 is 11.3 Å². The van der Waals surface area contributed by atoms with E-state index in [1.807, 2.05) is 72.7 Å². The monoisotopic (exact) mass is 1840 g/mol. The molecule has 0 aromatic carbocycles. The minimum atomic E-state index is -0.230. The summed E-state index contributed by atoms with van der Waals surface area (Å²) in [6.45, 7) is 61.6. The summed E-state index contributed by atoms with van der Waals surface area (Å²) in [4.78, 5) is 80.7. The maximum Gasteiger partial charge on any atom is 0.409 e. The number of anilines is 4. The zero-order valence-corrected chi connectivity index (χ0v) is 85.9.